The molecule has 0 aromatic carbocycles. The van der Waals surface area contributed by atoms with Crippen LogP contribution in [0.4, 0.5) is 16.6 Å². The first-order valence-electron chi connectivity index (χ1n) is 8.41. The number of aromatic nitrogens is 2. The van der Waals surface area contributed by atoms with Crippen molar-refractivity contribution in [3.05, 3.63) is 11.3 Å². The summed E-state index contributed by atoms with van der Waals surface area (Å²) in [4.78, 5) is 24.7. The summed E-state index contributed by atoms with van der Waals surface area (Å²) in [6.45, 7) is 2.25. The van der Waals surface area contributed by atoms with E-state index < -0.39 is 5.60 Å². The van der Waals surface area contributed by atoms with Gasteiger partial charge < -0.3 is 20.3 Å². The fourth-order valence-corrected chi connectivity index (χ4v) is 4.14. The summed E-state index contributed by atoms with van der Waals surface area (Å²) in [5, 5.41) is 0. The highest BCUT2D eigenvalue weighted by Crippen LogP contribution is 2.36. The van der Waals surface area contributed by atoms with Crippen LogP contribution in [0.5, 0.6) is 0 Å². The average Bonchev–Trinajstić information content (AvgIpc) is 2.80. The molecule has 0 saturated carbocycles. The van der Waals surface area contributed by atoms with E-state index in [0.717, 1.165) is 50.2 Å². The van der Waals surface area contributed by atoms with Gasteiger partial charge in [-0.1, -0.05) is 0 Å². The molecule has 2 saturated heterocycles. The van der Waals surface area contributed by atoms with E-state index in [1.165, 1.54) is 12.0 Å². The molecule has 1 amide bonds. The van der Waals surface area contributed by atoms with Crippen LogP contribution in [0.15, 0.2) is 0 Å². The number of anilines is 2. The summed E-state index contributed by atoms with van der Waals surface area (Å²) in [6, 6.07) is 0. The highest BCUT2D eigenvalue weighted by atomic mass is 16.6. The Hall–Kier alpha value is -2.05. The van der Waals surface area contributed by atoms with Crippen molar-refractivity contribution < 1.29 is 9.53 Å². The number of nitrogens with two attached hydrogens (primary N) is 1. The fraction of sp³-hybridized carbons (Fsp3) is 0.688. The van der Waals surface area contributed by atoms with Crippen molar-refractivity contribution >= 4 is 17.9 Å². The van der Waals surface area contributed by atoms with Crippen LogP contribution < -0.4 is 10.6 Å². The number of fused-ring (bicyclic) bond motifs is 1. The predicted molar refractivity (Wildman–Crippen MR) is 86.4 cm³/mol. The zero-order valence-corrected chi connectivity index (χ0v) is 13.5. The van der Waals surface area contributed by atoms with Crippen molar-refractivity contribution in [2.45, 2.75) is 44.1 Å². The van der Waals surface area contributed by atoms with Crippen LogP contribution in [0.3, 0.4) is 0 Å². The summed E-state index contributed by atoms with van der Waals surface area (Å²) < 4.78 is 5.70. The Kier molecular flexibility index (Phi) is 3.32. The van der Waals surface area contributed by atoms with Gasteiger partial charge in [-0.15, -0.1) is 0 Å². The number of carbonyl (C=O) groups is 1. The van der Waals surface area contributed by atoms with Gasteiger partial charge >= 0.3 is 6.09 Å². The molecule has 2 fully saturated rings. The van der Waals surface area contributed by atoms with Crippen molar-refractivity contribution in [1.29, 1.82) is 0 Å². The number of hydrogen-bond acceptors (Lipinski definition) is 6. The van der Waals surface area contributed by atoms with Crippen LogP contribution in [-0.4, -0.2) is 53.2 Å². The summed E-state index contributed by atoms with van der Waals surface area (Å²) in [5.74, 6) is 1.30. The third-order valence-electron chi connectivity index (χ3n) is 5.16. The second kappa shape index (κ2) is 5.25. The molecule has 1 aromatic heterocycles. The lowest BCUT2D eigenvalue weighted by atomic mass is 9.91. The van der Waals surface area contributed by atoms with E-state index in [1.807, 2.05) is 0 Å². The number of nitrogens with zero attached hydrogens (tertiary/aromatic N) is 4. The van der Waals surface area contributed by atoms with Crippen molar-refractivity contribution in [3.8, 4) is 0 Å². The Balaban J connectivity index is 1.66. The quantitative estimate of drug-likeness (QED) is 0.842. The highest BCUT2D eigenvalue weighted by Gasteiger charge is 2.47. The van der Waals surface area contributed by atoms with Gasteiger partial charge in [0.15, 0.2) is 0 Å². The van der Waals surface area contributed by atoms with Gasteiger partial charge in [0, 0.05) is 19.2 Å². The molecule has 2 N–H and O–H groups in total. The van der Waals surface area contributed by atoms with Gasteiger partial charge in [-0.2, -0.15) is 4.98 Å². The molecule has 7 nitrogen and oxygen atoms in total. The Bertz CT molecular complexity index is 650. The third kappa shape index (κ3) is 2.48. The number of hydrogen-bond donors (Lipinski definition) is 1. The van der Waals surface area contributed by atoms with Gasteiger partial charge in [0.2, 0.25) is 5.95 Å². The van der Waals surface area contributed by atoms with Crippen molar-refractivity contribution in [2.24, 2.45) is 0 Å². The standard InChI is InChI=1S/C16H23N5O2/c1-20-9-16(23-15(20)22)7-4-8-21(10-16)13-11-5-2-3-6-12(11)18-14(17)19-13/h2-10H2,1H3,(H2,17,18,19)/t16-/m1/s1. The minimum Gasteiger partial charge on any atom is -0.439 e. The minimum absolute atomic E-state index is 0.226. The van der Waals surface area contributed by atoms with Crippen molar-refractivity contribution in [3.63, 3.8) is 0 Å². The SMILES string of the molecule is CN1C[C@@]2(CCCN(c3nc(N)nc4c3CCCC4)C2)OC1=O. The molecule has 7 heteroatoms. The molecule has 1 aromatic rings. The first-order chi connectivity index (χ1) is 11.1. The maximum Gasteiger partial charge on any atom is 0.410 e. The maximum atomic E-state index is 11.8. The minimum atomic E-state index is -0.411. The molecular formula is C16H23N5O2. The molecule has 4 rings (SSSR count). The number of amides is 1. The molecule has 1 aliphatic carbocycles. The first kappa shape index (κ1) is 14.5. The molecule has 124 valence electrons. The van der Waals surface area contributed by atoms with Gasteiger partial charge in [0.05, 0.1) is 18.8 Å². The second-order valence-electron chi connectivity index (χ2n) is 6.97. The number of nitrogen functional groups attached to an aromatic ring is 1. The number of piperidine rings is 1. The van der Waals surface area contributed by atoms with Crippen LogP contribution in [0.25, 0.3) is 0 Å². The molecule has 1 atom stereocenters. The lowest BCUT2D eigenvalue weighted by molar-refractivity contribution is 0.0445. The molecule has 2 aliphatic heterocycles. The Labute approximate surface area is 135 Å². The lowest BCUT2D eigenvalue weighted by Gasteiger charge is -2.40. The molecule has 0 bridgehead atoms. The van der Waals surface area contributed by atoms with E-state index in [1.54, 1.807) is 11.9 Å². The Morgan fingerprint density at radius 2 is 2.00 bits per heavy atom. The van der Waals surface area contributed by atoms with Crippen molar-refractivity contribution in [1.82, 2.24) is 14.9 Å². The number of likely N-dealkylation sites (N-methyl/N-ethyl adjacent to an activating group) is 1. The van der Waals surface area contributed by atoms with Gasteiger partial charge in [-0.05, 0) is 38.5 Å². The molecule has 1 spiro atoms. The molecule has 3 aliphatic rings. The van der Waals surface area contributed by atoms with Crippen LogP contribution in [0.2, 0.25) is 0 Å². The summed E-state index contributed by atoms with van der Waals surface area (Å²) in [6.07, 6.45) is 5.98. The molecule has 3 heterocycles. The normalized spacial score (nSPS) is 27.3. The number of aryl methyl sites for hydroxylation is 1. The van der Waals surface area contributed by atoms with Crippen LogP contribution >= 0.6 is 0 Å². The summed E-state index contributed by atoms with van der Waals surface area (Å²) in [5.41, 5.74) is 7.86. The zero-order chi connectivity index (χ0) is 16.0. The highest BCUT2D eigenvalue weighted by molar-refractivity contribution is 5.70. The fourth-order valence-electron chi connectivity index (χ4n) is 4.14. The van der Waals surface area contributed by atoms with Crippen LogP contribution in [0.1, 0.15) is 36.9 Å². The smallest absolute Gasteiger partial charge is 0.410 e. The summed E-state index contributed by atoms with van der Waals surface area (Å²) >= 11 is 0. The average molecular weight is 317 g/mol. The van der Waals surface area contributed by atoms with E-state index in [-0.39, 0.29) is 6.09 Å². The first-order valence-corrected chi connectivity index (χ1v) is 8.41. The van der Waals surface area contributed by atoms with Gasteiger partial charge in [-0.3, -0.25) is 0 Å². The predicted octanol–water partition coefficient (Wildman–Crippen LogP) is 1.36. The molecule has 23 heavy (non-hydrogen) atoms. The topological polar surface area (TPSA) is 84.6 Å². The van der Waals surface area contributed by atoms with Crippen LogP contribution in [-0.2, 0) is 17.6 Å². The lowest BCUT2D eigenvalue weighted by Crippen LogP contribution is -2.51. The van der Waals surface area contributed by atoms with E-state index in [2.05, 4.69) is 14.9 Å². The van der Waals surface area contributed by atoms with E-state index in [9.17, 15) is 4.79 Å². The van der Waals surface area contributed by atoms with Gasteiger partial charge in [0.1, 0.15) is 11.4 Å². The van der Waals surface area contributed by atoms with E-state index >= 15 is 0 Å². The van der Waals surface area contributed by atoms with Crippen LogP contribution in [0, 0.1) is 0 Å². The van der Waals surface area contributed by atoms with Gasteiger partial charge in [0.25, 0.3) is 0 Å². The maximum absolute atomic E-state index is 11.8. The molecular weight excluding hydrogens is 294 g/mol. The Morgan fingerprint density at radius 1 is 1.17 bits per heavy atom. The number of rotatable bonds is 1. The number of carbonyl (C=O) groups excluding carboxylic acids is 1. The Morgan fingerprint density at radius 3 is 2.78 bits per heavy atom. The van der Waals surface area contributed by atoms with E-state index in [0.29, 0.717) is 19.0 Å². The second-order valence-corrected chi connectivity index (χ2v) is 6.97. The molecule has 0 radical (unpaired) electrons. The van der Waals surface area contributed by atoms with Gasteiger partial charge in [-0.25, -0.2) is 9.78 Å². The van der Waals surface area contributed by atoms with Crippen molar-refractivity contribution in [2.75, 3.05) is 37.3 Å². The largest absolute Gasteiger partial charge is 0.439 e. The zero-order valence-electron chi connectivity index (χ0n) is 13.5. The van der Waals surface area contributed by atoms with E-state index in [4.69, 9.17) is 10.5 Å². The molecule has 0 unspecified atom stereocenters. The third-order valence-corrected chi connectivity index (χ3v) is 5.16. The number of ether oxygens (including phenoxy) is 1. The monoisotopic (exact) mass is 317 g/mol. The summed E-state index contributed by atoms with van der Waals surface area (Å²) in [7, 11) is 1.79.